The van der Waals surface area contributed by atoms with E-state index in [0.717, 1.165) is 0 Å². The van der Waals surface area contributed by atoms with Crippen molar-refractivity contribution in [3.8, 4) is 11.5 Å². The van der Waals surface area contributed by atoms with Crippen LogP contribution in [-0.4, -0.2) is 37.6 Å². The molecule has 3 aromatic rings. The highest BCUT2D eigenvalue weighted by Gasteiger charge is 2.39. The Balaban J connectivity index is 1.73. The Morgan fingerprint density at radius 3 is 2.05 bits per heavy atom. The Labute approximate surface area is 211 Å². The van der Waals surface area contributed by atoms with Crippen LogP contribution < -0.4 is 10.1 Å². The molecule has 0 bridgehead atoms. The first-order valence-corrected chi connectivity index (χ1v) is 12.7. The van der Waals surface area contributed by atoms with Crippen molar-refractivity contribution in [3.63, 3.8) is 0 Å². The molecule has 37 heavy (non-hydrogen) atoms. The lowest BCUT2D eigenvalue weighted by Crippen LogP contribution is -2.42. The smallest absolute Gasteiger partial charge is 0.471 e. The lowest BCUT2D eigenvalue weighted by atomic mass is 10.0. The molecular weight excluding hydrogens is 511 g/mol. The van der Waals surface area contributed by atoms with Gasteiger partial charge in [-0.25, -0.2) is 13.2 Å². The first-order chi connectivity index (χ1) is 17.3. The monoisotopic (exact) mass is 535 g/mol. The molecule has 0 aliphatic carbocycles. The van der Waals surface area contributed by atoms with Gasteiger partial charge in [-0.05, 0) is 73.9 Å². The van der Waals surface area contributed by atoms with Crippen LogP contribution in [0.3, 0.4) is 0 Å². The van der Waals surface area contributed by atoms with Crippen molar-refractivity contribution in [2.75, 3.05) is 0 Å². The van der Waals surface area contributed by atoms with Gasteiger partial charge in [0, 0.05) is 11.6 Å². The zero-order valence-corrected chi connectivity index (χ0v) is 20.7. The first kappa shape index (κ1) is 27.7. The fraction of sp³-hybridized carbons (Fsp3) is 0.231. The van der Waals surface area contributed by atoms with Gasteiger partial charge < -0.3 is 15.2 Å². The summed E-state index contributed by atoms with van der Waals surface area (Å²) >= 11 is 0. The first-order valence-electron chi connectivity index (χ1n) is 11.2. The molecule has 0 spiro atoms. The Bertz CT molecular complexity index is 1390. The molecule has 3 rings (SSSR count). The molecule has 1 amide bonds. The number of hydrogen-bond acceptors (Lipinski definition) is 5. The summed E-state index contributed by atoms with van der Waals surface area (Å²) in [6.07, 6.45) is -4.47. The number of carbonyl (C=O) groups is 2. The molecule has 1 unspecified atom stereocenters. The van der Waals surface area contributed by atoms with Gasteiger partial charge in [0.2, 0.25) is 9.84 Å². The number of nitrogens with one attached hydrogen (secondary N) is 1. The highest BCUT2D eigenvalue weighted by molar-refractivity contribution is 7.91. The number of carbonyl (C=O) groups excluding carboxylic acids is 1. The molecular formula is C26H24F3NO6S. The van der Waals surface area contributed by atoms with Crippen molar-refractivity contribution in [1.82, 2.24) is 5.32 Å². The molecule has 0 aromatic heterocycles. The van der Waals surface area contributed by atoms with E-state index in [2.05, 4.69) is 0 Å². The zero-order valence-electron chi connectivity index (χ0n) is 19.9. The summed E-state index contributed by atoms with van der Waals surface area (Å²) in [7, 11) is -3.89. The molecule has 0 saturated carbocycles. The maximum absolute atomic E-state index is 13.0. The van der Waals surface area contributed by atoms with Crippen molar-refractivity contribution in [2.45, 2.75) is 48.7 Å². The average Bonchev–Trinajstić information content (AvgIpc) is 2.84. The summed E-state index contributed by atoms with van der Waals surface area (Å²) in [6, 6.07) is 15.1. The fourth-order valence-corrected chi connectivity index (χ4v) is 4.95. The molecule has 196 valence electrons. The van der Waals surface area contributed by atoms with Crippen LogP contribution >= 0.6 is 0 Å². The minimum absolute atomic E-state index is 0.00610. The lowest BCUT2D eigenvalue weighted by Gasteiger charge is -2.15. The fourth-order valence-electron chi connectivity index (χ4n) is 3.69. The van der Waals surface area contributed by atoms with E-state index in [1.165, 1.54) is 61.5 Å². The summed E-state index contributed by atoms with van der Waals surface area (Å²) in [5.74, 6) is -2.43. The number of amides is 1. The minimum Gasteiger partial charge on any atom is -0.478 e. The highest BCUT2D eigenvalue weighted by atomic mass is 32.2. The molecule has 0 radical (unpaired) electrons. The predicted molar refractivity (Wildman–Crippen MR) is 129 cm³/mol. The third kappa shape index (κ3) is 6.67. The van der Waals surface area contributed by atoms with Crippen LogP contribution in [0.4, 0.5) is 13.2 Å². The largest absolute Gasteiger partial charge is 0.478 e. The van der Waals surface area contributed by atoms with Crippen LogP contribution in [-0.2, 0) is 27.5 Å². The molecule has 1 atom stereocenters. The van der Waals surface area contributed by atoms with Crippen molar-refractivity contribution >= 4 is 21.7 Å². The van der Waals surface area contributed by atoms with Crippen molar-refractivity contribution < 1.29 is 41.0 Å². The summed E-state index contributed by atoms with van der Waals surface area (Å²) in [5.41, 5.74) is 1.19. The topological polar surface area (TPSA) is 110 Å². The lowest BCUT2D eigenvalue weighted by molar-refractivity contribution is -0.174. The second-order valence-corrected chi connectivity index (χ2v) is 10.2. The number of carboxylic acids is 1. The molecule has 0 aliphatic rings. The van der Waals surface area contributed by atoms with E-state index in [-0.39, 0.29) is 21.8 Å². The van der Waals surface area contributed by atoms with E-state index in [4.69, 9.17) is 4.74 Å². The Morgan fingerprint density at radius 1 is 0.973 bits per heavy atom. The van der Waals surface area contributed by atoms with E-state index in [9.17, 15) is 36.3 Å². The molecule has 0 saturated heterocycles. The summed E-state index contributed by atoms with van der Waals surface area (Å²) in [5, 5.41) is 11.2. The summed E-state index contributed by atoms with van der Waals surface area (Å²) in [4.78, 5) is 22.5. The molecule has 3 aromatic carbocycles. The summed E-state index contributed by atoms with van der Waals surface area (Å²) in [6.45, 7) is 3.22. The van der Waals surface area contributed by atoms with E-state index < -0.39 is 33.9 Å². The van der Waals surface area contributed by atoms with Gasteiger partial charge in [-0.1, -0.05) is 25.1 Å². The molecule has 7 nitrogen and oxygen atoms in total. The molecule has 2 N–H and O–H groups in total. The number of hydrogen-bond donors (Lipinski definition) is 2. The zero-order chi connectivity index (χ0) is 27.4. The number of rotatable bonds is 9. The normalized spacial score (nSPS) is 12.6. The SMILES string of the molecule is CCc1c(Oc2ccc(S(=O)(=O)c3ccc(CC(C)NC(=O)C(F)(F)F)cc3)cc2)cccc1C(=O)O. The number of benzene rings is 3. The maximum Gasteiger partial charge on any atom is 0.471 e. The summed E-state index contributed by atoms with van der Waals surface area (Å²) < 4.78 is 69.1. The number of halogens is 3. The van der Waals surface area contributed by atoms with E-state index in [1.54, 1.807) is 19.1 Å². The van der Waals surface area contributed by atoms with E-state index in [1.807, 2.05) is 5.32 Å². The molecule has 0 heterocycles. The molecule has 0 fully saturated rings. The van der Waals surface area contributed by atoms with Gasteiger partial charge in [-0.3, -0.25) is 4.79 Å². The Kier molecular flexibility index (Phi) is 8.27. The Hall–Kier alpha value is -3.86. The van der Waals surface area contributed by atoms with E-state index in [0.29, 0.717) is 29.0 Å². The number of aromatic carboxylic acids is 1. The van der Waals surface area contributed by atoms with Gasteiger partial charge >= 0.3 is 18.1 Å². The van der Waals surface area contributed by atoms with Crippen LogP contribution in [0.2, 0.25) is 0 Å². The van der Waals surface area contributed by atoms with Crippen LogP contribution in [0.1, 0.15) is 35.3 Å². The van der Waals surface area contributed by atoms with Crippen LogP contribution in [0, 0.1) is 0 Å². The highest BCUT2D eigenvalue weighted by Crippen LogP contribution is 2.30. The second-order valence-electron chi connectivity index (χ2n) is 8.24. The quantitative estimate of drug-likeness (QED) is 0.391. The van der Waals surface area contributed by atoms with E-state index >= 15 is 0 Å². The predicted octanol–water partition coefficient (Wildman–Crippen LogP) is 5.18. The average molecular weight is 536 g/mol. The maximum atomic E-state index is 13.0. The second kappa shape index (κ2) is 11.0. The standard InChI is InChI=1S/C26H24F3NO6S/c1-3-21-22(24(31)32)5-4-6-23(21)36-18-9-13-20(14-10-18)37(34,35)19-11-7-17(8-12-19)15-16(2)30-25(33)26(27,28)29/h4-14,16H,3,15H2,1-2H3,(H,30,33)(H,31,32). The number of alkyl halides is 3. The number of carboxylic acid groups (broad SMARTS) is 1. The van der Waals surface area contributed by atoms with Gasteiger partial charge in [-0.15, -0.1) is 0 Å². The van der Waals surface area contributed by atoms with Crippen molar-refractivity contribution in [1.29, 1.82) is 0 Å². The third-order valence-electron chi connectivity index (χ3n) is 5.49. The van der Waals surface area contributed by atoms with Crippen LogP contribution in [0.25, 0.3) is 0 Å². The van der Waals surface area contributed by atoms with Crippen LogP contribution in [0.5, 0.6) is 11.5 Å². The number of ether oxygens (including phenoxy) is 1. The van der Waals surface area contributed by atoms with Crippen molar-refractivity contribution in [2.24, 2.45) is 0 Å². The van der Waals surface area contributed by atoms with Gasteiger partial charge in [0.1, 0.15) is 11.5 Å². The molecule has 0 aliphatic heterocycles. The third-order valence-corrected chi connectivity index (χ3v) is 7.27. The van der Waals surface area contributed by atoms with Gasteiger partial charge in [-0.2, -0.15) is 13.2 Å². The molecule has 11 heteroatoms. The van der Waals surface area contributed by atoms with Gasteiger partial charge in [0.25, 0.3) is 0 Å². The van der Waals surface area contributed by atoms with Gasteiger partial charge in [0.15, 0.2) is 0 Å². The van der Waals surface area contributed by atoms with Crippen molar-refractivity contribution in [3.05, 3.63) is 83.4 Å². The number of sulfone groups is 1. The van der Waals surface area contributed by atoms with Crippen LogP contribution in [0.15, 0.2) is 76.5 Å². The van der Waals surface area contributed by atoms with Gasteiger partial charge in [0.05, 0.1) is 15.4 Å². The Morgan fingerprint density at radius 2 is 1.54 bits per heavy atom. The minimum atomic E-state index is -4.98.